The molecule has 0 aliphatic rings. The van der Waals surface area contributed by atoms with E-state index in [2.05, 4.69) is 20.9 Å². The lowest BCUT2D eigenvalue weighted by Gasteiger charge is -2.26. The quantitative estimate of drug-likeness (QED) is 0.0568. The minimum Gasteiger partial charge on any atom is -0.480 e. The summed E-state index contributed by atoms with van der Waals surface area (Å²) in [6.45, 7) is 1.33. The predicted molar refractivity (Wildman–Crippen MR) is 137 cm³/mol. The van der Waals surface area contributed by atoms with Gasteiger partial charge in [0.25, 0.3) is 0 Å². The highest BCUT2D eigenvalue weighted by molar-refractivity contribution is 5.95. The van der Waals surface area contributed by atoms with Crippen molar-refractivity contribution in [2.75, 3.05) is 6.54 Å². The van der Waals surface area contributed by atoms with Gasteiger partial charge in [0, 0.05) is 13.0 Å². The summed E-state index contributed by atoms with van der Waals surface area (Å²) in [7, 11) is 0. The van der Waals surface area contributed by atoms with Crippen LogP contribution in [0.2, 0.25) is 0 Å². The maximum atomic E-state index is 13.2. The van der Waals surface area contributed by atoms with Crippen LogP contribution < -0.4 is 38.9 Å². The number of aliphatic carboxylic acids is 1. The van der Waals surface area contributed by atoms with Crippen LogP contribution in [0.5, 0.6) is 0 Å². The summed E-state index contributed by atoms with van der Waals surface area (Å²) >= 11 is 0. The number of carbonyl (C=O) groups excluding carboxylic acids is 4. The fourth-order valence-electron chi connectivity index (χ4n) is 3.33. The van der Waals surface area contributed by atoms with Gasteiger partial charge in [0.2, 0.25) is 23.6 Å². The zero-order valence-electron chi connectivity index (χ0n) is 21.0. The zero-order valence-corrected chi connectivity index (χ0v) is 21.0. The lowest BCUT2D eigenvalue weighted by atomic mass is 10.0. The Morgan fingerprint density at radius 2 is 1.50 bits per heavy atom. The van der Waals surface area contributed by atoms with Crippen molar-refractivity contribution in [1.82, 2.24) is 16.0 Å². The maximum Gasteiger partial charge on any atom is 0.328 e. The topological polar surface area (TPSA) is 278 Å². The van der Waals surface area contributed by atoms with Gasteiger partial charge in [-0.2, -0.15) is 0 Å². The Labute approximate surface area is 219 Å². The molecule has 13 N–H and O–H groups in total. The SMILES string of the molecule is CC(O)C(NC(=O)C(Cc1ccccc1)NC(=O)C(CCCN=C(N)N)NC(=O)C(N)CC(N)=O)C(=O)O. The highest BCUT2D eigenvalue weighted by Crippen LogP contribution is 2.07. The average Bonchev–Trinajstić information content (AvgIpc) is 2.83. The molecule has 4 amide bonds. The number of rotatable bonds is 16. The summed E-state index contributed by atoms with van der Waals surface area (Å²) in [6, 6.07) is 3.16. The van der Waals surface area contributed by atoms with Gasteiger partial charge < -0.3 is 49.1 Å². The molecule has 0 aromatic heterocycles. The van der Waals surface area contributed by atoms with E-state index >= 15 is 0 Å². The number of aliphatic hydroxyl groups excluding tert-OH is 1. The molecule has 0 heterocycles. The molecule has 0 spiro atoms. The van der Waals surface area contributed by atoms with Crippen molar-refractivity contribution in [3.8, 4) is 0 Å². The Morgan fingerprint density at radius 3 is 2.03 bits per heavy atom. The van der Waals surface area contributed by atoms with E-state index in [4.69, 9.17) is 22.9 Å². The Bertz CT molecular complexity index is 999. The number of aliphatic hydroxyl groups is 1. The number of carboxylic acids is 1. The van der Waals surface area contributed by atoms with Crippen molar-refractivity contribution in [2.45, 2.75) is 62.9 Å². The van der Waals surface area contributed by atoms with Gasteiger partial charge in [-0.1, -0.05) is 30.3 Å². The van der Waals surface area contributed by atoms with Crippen molar-refractivity contribution >= 4 is 35.6 Å². The van der Waals surface area contributed by atoms with Crippen LogP contribution in [0.1, 0.15) is 31.7 Å². The normalized spacial score (nSPS) is 14.6. The molecule has 0 aliphatic heterocycles. The van der Waals surface area contributed by atoms with E-state index in [1.165, 1.54) is 6.92 Å². The zero-order chi connectivity index (χ0) is 28.8. The molecule has 1 rings (SSSR count). The lowest BCUT2D eigenvalue weighted by Crippen LogP contribution is -2.59. The number of aliphatic imine (C=N–C) groups is 1. The molecule has 1 aromatic rings. The van der Waals surface area contributed by atoms with Gasteiger partial charge in [-0.3, -0.25) is 24.2 Å². The Morgan fingerprint density at radius 1 is 0.921 bits per heavy atom. The van der Waals surface area contributed by atoms with Crippen molar-refractivity contribution in [3.05, 3.63) is 35.9 Å². The number of nitrogens with zero attached hydrogens (tertiary/aromatic N) is 1. The smallest absolute Gasteiger partial charge is 0.328 e. The first-order valence-corrected chi connectivity index (χ1v) is 11.8. The van der Waals surface area contributed by atoms with E-state index in [-0.39, 0.29) is 31.8 Å². The molecular weight excluding hydrogens is 500 g/mol. The van der Waals surface area contributed by atoms with Crippen molar-refractivity contribution < 1.29 is 34.2 Å². The monoisotopic (exact) mass is 536 g/mol. The Hall–Kier alpha value is -4.24. The van der Waals surface area contributed by atoms with E-state index in [9.17, 15) is 34.2 Å². The summed E-state index contributed by atoms with van der Waals surface area (Å²) in [6.07, 6.45) is -1.62. The molecule has 210 valence electrons. The second kappa shape index (κ2) is 15.8. The number of hydrogen-bond donors (Lipinski definition) is 9. The molecule has 0 aliphatic carbocycles. The van der Waals surface area contributed by atoms with Gasteiger partial charge in [0.15, 0.2) is 12.0 Å². The van der Waals surface area contributed by atoms with E-state index in [1.807, 2.05) is 0 Å². The molecule has 0 fully saturated rings. The first-order valence-electron chi connectivity index (χ1n) is 11.8. The van der Waals surface area contributed by atoms with Gasteiger partial charge in [-0.05, 0) is 25.3 Å². The standard InChI is InChI=1S/C23H36N8O7/c1-12(32)18(22(37)38)31-21(36)16(10-13-6-3-2-4-7-13)30-20(35)15(8-5-9-28-23(26)27)29-19(34)14(24)11-17(25)33/h2-4,6-7,12,14-16,18,32H,5,8-11,24H2,1H3,(H2,25,33)(H,29,34)(H,30,35)(H,31,36)(H,37,38)(H4,26,27,28). The summed E-state index contributed by atoms with van der Waals surface area (Å²) in [4.78, 5) is 65.1. The predicted octanol–water partition coefficient (Wildman–Crippen LogP) is -3.59. The van der Waals surface area contributed by atoms with E-state index in [0.717, 1.165) is 0 Å². The van der Waals surface area contributed by atoms with Crippen LogP contribution in [-0.2, 0) is 30.4 Å². The first kappa shape index (κ1) is 31.8. The fraction of sp³-hybridized carbons (Fsp3) is 0.478. The number of hydrogen-bond acceptors (Lipinski definition) is 8. The highest BCUT2D eigenvalue weighted by Gasteiger charge is 2.32. The third-order valence-corrected chi connectivity index (χ3v) is 5.30. The highest BCUT2D eigenvalue weighted by atomic mass is 16.4. The van der Waals surface area contributed by atoms with Crippen molar-refractivity contribution in [3.63, 3.8) is 0 Å². The molecule has 38 heavy (non-hydrogen) atoms. The van der Waals surface area contributed by atoms with Gasteiger partial charge in [0.05, 0.1) is 18.6 Å². The number of guanidine groups is 1. The molecule has 0 saturated heterocycles. The Kier molecular flexibility index (Phi) is 13.2. The molecule has 1 aromatic carbocycles. The molecule has 0 bridgehead atoms. The number of primary amides is 1. The molecule has 0 radical (unpaired) electrons. The summed E-state index contributed by atoms with van der Waals surface area (Å²) in [5.41, 5.74) is 22.0. The minimum absolute atomic E-state index is 0.0274. The van der Waals surface area contributed by atoms with Crippen molar-refractivity contribution in [2.24, 2.45) is 27.9 Å². The third-order valence-electron chi connectivity index (χ3n) is 5.30. The van der Waals surface area contributed by atoms with Crippen molar-refractivity contribution in [1.29, 1.82) is 0 Å². The van der Waals surface area contributed by atoms with E-state index < -0.39 is 66.3 Å². The number of benzene rings is 1. The molecule has 15 heteroatoms. The van der Waals surface area contributed by atoms with Crippen LogP contribution in [0.15, 0.2) is 35.3 Å². The summed E-state index contributed by atoms with van der Waals surface area (Å²) in [5, 5.41) is 26.2. The largest absolute Gasteiger partial charge is 0.480 e. The molecule has 15 nitrogen and oxygen atoms in total. The van der Waals surface area contributed by atoms with Crippen LogP contribution in [0.4, 0.5) is 0 Å². The van der Waals surface area contributed by atoms with Gasteiger partial charge in [0.1, 0.15) is 12.1 Å². The maximum absolute atomic E-state index is 13.2. The van der Waals surface area contributed by atoms with E-state index in [1.54, 1.807) is 30.3 Å². The van der Waals surface area contributed by atoms with Crippen LogP contribution in [-0.4, -0.2) is 82.6 Å². The fourth-order valence-corrected chi connectivity index (χ4v) is 3.33. The summed E-state index contributed by atoms with van der Waals surface area (Å²) < 4.78 is 0. The number of amides is 4. The Balaban J connectivity index is 3.15. The van der Waals surface area contributed by atoms with Gasteiger partial charge >= 0.3 is 5.97 Å². The van der Waals surface area contributed by atoms with Crippen LogP contribution in [0, 0.1) is 0 Å². The second-order valence-electron chi connectivity index (χ2n) is 8.60. The number of nitrogens with one attached hydrogen (secondary N) is 3. The molecular formula is C23H36N8O7. The molecule has 5 atom stereocenters. The average molecular weight is 537 g/mol. The van der Waals surface area contributed by atoms with Gasteiger partial charge in [-0.25, -0.2) is 4.79 Å². The minimum atomic E-state index is -1.63. The number of carboxylic acid groups (broad SMARTS) is 1. The number of carbonyl (C=O) groups is 5. The van der Waals surface area contributed by atoms with Crippen LogP contribution in [0.3, 0.4) is 0 Å². The van der Waals surface area contributed by atoms with E-state index in [0.29, 0.717) is 5.56 Å². The molecule has 0 saturated carbocycles. The number of nitrogens with two attached hydrogens (primary N) is 4. The van der Waals surface area contributed by atoms with Crippen LogP contribution >= 0.6 is 0 Å². The van der Waals surface area contributed by atoms with Crippen LogP contribution in [0.25, 0.3) is 0 Å². The second-order valence-corrected chi connectivity index (χ2v) is 8.60. The van der Waals surface area contributed by atoms with Gasteiger partial charge in [-0.15, -0.1) is 0 Å². The summed E-state index contributed by atoms with van der Waals surface area (Å²) in [5.74, 6) is -4.92. The lowest BCUT2D eigenvalue weighted by molar-refractivity contribution is -0.145. The third kappa shape index (κ3) is 11.7. The molecule has 5 unspecified atom stereocenters. The first-order chi connectivity index (χ1) is 17.8.